The molecule has 2 aromatic carbocycles. The van der Waals surface area contributed by atoms with Crippen molar-refractivity contribution in [3.05, 3.63) is 64.2 Å². The molecule has 3 rings (SSSR count). The molecule has 2 aromatic rings. The van der Waals surface area contributed by atoms with Gasteiger partial charge in [-0.3, -0.25) is 4.79 Å². The van der Waals surface area contributed by atoms with E-state index in [1.165, 1.54) is 17.5 Å². The Kier molecular flexibility index (Phi) is 6.28. The molecule has 4 heteroatoms. The highest BCUT2D eigenvalue weighted by molar-refractivity contribution is 5.96. The van der Waals surface area contributed by atoms with Crippen molar-refractivity contribution >= 4 is 17.6 Å². The number of amides is 1. The molecule has 0 aliphatic heterocycles. The number of ether oxygens (including phenoxy) is 1. The highest BCUT2D eigenvalue weighted by Crippen LogP contribution is 2.23. The van der Waals surface area contributed by atoms with E-state index in [4.69, 9.17) is 4.74 Å². The van der Waals surface area contributed by atoms with Gasteiger partial charge in [-0.25, -0.2) is 4.79 Å². The second-order valence-electron chi connectivity index (χ2n) is 6.97. The van der Waals surface area contributed by atoms with Gasteiger partial charge in [-0.15, -0.1) is 0 Å². The molecule has 0 fully saturated rings. The minimum atomic E-state index is -0.446. The number of esters is 1. The van der Waals surface area contributed by atoms with E-state index in [1.807, 2.05) is 30.3 Å². The maximum Gasteiger partial charge on any atom is 0.338 e. The van der Waals surface area contributed by atoms with E-state index >= 15 is 0 Å². The molecule has 4 nitrogen and oxygen atoms in total. The van der Waals surface area contributed by atoms with Crippen molar-refractivity contribution in [1.29, 1.82) is 0 Å². The van der Waals surface area contributed by atoms with Gasteiger partial charge < -0.3 is 10.1 Å². The first-order valence-corrected chi connectivity index (χ1v) is 9.82. The molecule has 0 unspecified atom stereocenters. The van der Waals surface area contributed by atoms with Crippen molar-refractivity contribution in [1.82, 2.24) is 0 Å². The number of rotatable bonds is 6. The van der Waals surface area contributed by atoms with Crippen molar-refractivity contribution in [2.24, 2.45) is 0 Å². The monoisotopic (exact) mass is 365 g/mol. The number of para-hydroxylation sites is 1. The van der Waals surface area contributed by atoms with Crippen LogP contribution in [0.3, 0.4) is 0 Å². The molecule has 0 bridgehead atoms. The Labute approximate surface area is 160 Å². The fourth-order valence-corrected chi connectivity index (χ4v) is 3.65. The zero-order valence-corrected chi connectivity index (χ0v) is 16.1. The van der Waals surface area contributed by atoms with Crippen molar-refractivity contribution < 1.29 is 14.3 Å². The number of nitrogens with one attached hydrogen (secondary N) is 1. The van der Waals surface area contributed by atoms with Crippen molar-refractivity contribution in [3.8, 4) is 0 Å². The minimum Gasteiger partial charge on any atom is -0.452 e. The lowest BCUT2D eigenvalue weighted by Gasteiger charge is -2.16. The summed E-state index contributed by atoms with van der Waals surface area (Å²) in [7, 11) is 0. The molecule has 0 radical (unpaired) electrons. The van der Waals surface area contributed by atoms with E-state index in [9.17, 15) is 9.59 Å². The average Bonchev–Trinajstić information content (AvgIpc) is 2.71. The predicted molar refractivity (Wildman–Crippen MR) is 107 cm³/mol. The highest BCUT2D eigenvalue weighted by atomic mass is 16.5. The molecule has 1 aliphatic carbocycles. The van der Waals surface area contributed by atoms with Crippen LogP contribution in [0.1, 0.15) is 59.3 Å². The Morgan fingerprint density at radius 2 is 1.63 bits per heavy atom. The molecule has 1 aliphatic rings. The van der Waals surface area contributed by atoms with Crippen LogP contribution in [0.25, 0.3) is 0 Å². The van der Waals surface area contributed by atoms with E-state index in [0.29, 0.717) is 5.56 Å². The van der Waals surface area contributed by atoms with Crippen LogP contribution in [0.4, 0.5) is 5.69 Å². The van der Waals surface area contributed by atoms with Gasteiger partial charge in [0.25, 0.3) is 5.91 Å². The molecule has 142 valence electrons. The van der Waals surface area contributed by atoms with Crippen LogP contribution in [-0.4, -0.2) is 18.5 Å². The lowest BCUT2D eigenvalue weighted by Crippen LogP contribution is -2.22. The summed E-state index contributed by atoms with van der Waals surface area (Å²) in [5.41, 5.74) is 6.08. The molecule has 0 saturated heterocycles. The Hall–Kier alpha value is -2.62. The lowest BCUT2D eigenvalue weighted by atomic mass is 9.90. The van der Waals surface area contributed by atoms with Gasteiger partial charge >= 0.3 is 5.97 Å². The number of carbonyl (C=O) groups excluding carboxylic acids is 2. The summed E-state index contributed by atoms with van der Waals surface area (Å²) in [5.74, 6) is -0.755. The maximum atomic E-state index is 12.3. The van der Waals surface area contributed by atoms with Gasteiger partial charge in [-0.05, 0) is 72.9 Å². The van der Waals surface area contributed by atoms with Gasteiger partial charge in [-0.1, -0.05) is 38.1 Å². The fourth-order valence-electron chi connectivity index (χ4n) is 3.65. The van der Waals surface area contributed by atoms with Gasteiger partial charge in [0.05, 0.1) is 5.56 Å². The largest absolute Gasteiger partial charge is 0.452 e. The first-order valence-electron chi connectivity index (χ1n) is 9.82. The van der Waals surface area contributed by atoms with Gasteiger partial charge in [0.1, 0.15) is 0 Å². The molecular weight excluding hydrogens is 338 g/mol. The van der Waals surface area contributed by atoms with E-state index in [0.717, 1.165) is 48.9 Å². The second-order valence-corrected chi connectivity index (χ2v) is 6.97. The summed E-state index contributed by atoms with van der Waals surface area (Å²) in [5, 5.41) is 2.92. The SMILES string of the molecule is CCc1cccc(CC)c1NC(=O)COC(=O)c1ccc2c(c1)CCCC2. The quantitative estimate of drug-likeness (QED) is 0.768. The molecule has 0 atom stereocenters. The Morgan fingerprint density at radius 1 is 0.963 bits per heavy atom. The summed E-state index contributed by atoms with van der Waals surface area (Å²) < 4.78 is 5.25. The molecular formula is C23H27NO3. The zero-order valence-electron chi connectivity index (χ0n) is 16.1. The minimum absolute atomic E-state index is 0.281. The van der Waals surface area contributed by atoms with Crippen molar-refractivity contribution in [3.63, 3.8) is 0 Å². The summed E-state index contributed by atoms with van der Waals surface area (Å²) in [6, 6.07) is 11.7. The van der Waals surface area contributed by atoms with E-state index < -0.39 is 5.97 Å². The third-order valence-corrected chi connectivity index (χ3v) is 5.18. The number of anilines is 1. The van der Waals surface area contributed by atoms with Crippen LogP contribution < -0.4 is 5.32 Å². The van der Waals surface area contributed by atoms with Gasteiger partial charge in [-0.2, -0.15) is 0 Å². The number of hydrogen-bond acceptors (Lipinski definition) is 3. The highest BCUT2D eigenvalue weighted by Gasteiger charge is 2.16. The third kappa shape index (κ3) is 4.57. The van der Waals surface area contributed by atoms with Crippen LogP contribution in [-0.2, 0) is 35.2 Å². The number of benzene rings is 2. The second kappa shape index (κ2) is 8.85. The van der Waals surface area contributed by atoms with Crippen LogP contribution in [0.2, 0.25) is 0 Å². The Bertz CT molecular complexity index is 819. The summed E-state index contributed by atoms with van der Waals surface area (Å²) in [4.78, 5) is 24.7. The predicted octanol–water partition coefficient (Wildman–Crippen LogP) is 4.49. The molecule has 1 amide bonds. The third-order valence-electron chi connectivity index (χ3n) is 5.18. The number of carbonyl (C=O) groups is 2. The molecule has 0 aromatic heterocycles. The van der Waals surface area contributed by atoms with Crippen molar-refractivity contribution in [2.45, 2.75) is 52.4 Å². The lowest BCUT2D eigenvalue weighted by molar-refractivity contribution is -0.119. The van der Waals surface area contributed by atoms with Crippen molar-refractivity contribution in [2.75, 3.05) is 11.9 Å². The van der Waals surface area contributed by atoms with Crippen LogP contribution >= 0.6 is 0 Å². The van der Waals surface area contributed by atoms with E-state index in [2.05, 4.69) is 19.2 Å². The number of aryl methyl sites for hydroxylation is 4. The fraction of sp³-hybridized carbons (Fsp3) is 0.391. The Morgan fingerprint density at radius 3 is 2.30 bits per heavy atom. The standard InChI is InChI=1S/C23H27NO3/c1-3-16-10-7-11-17(4-2)22(16)24-21(25)15-27-23(26)20-13-12-18-8-5-6-9-19(18)14-20/h7,10-14H,3-6,8-9,15H2,1-2H3,(H,24,25). The first kappa shape index (κ1) is 19.2. The van der Waals surface area contributed by atoms with Crippen LogP contribution in [0.15, 0.2) is 36.4 Å². The van der Waals surface area contributed by atoms with E-state index in [1.54, 1.807) is 6.07 Å². The smallest absolute Gasteiger partial charge is 0.338 e. The topological polar surface area (TPSA) is 55.4 Å². The molecule has 27 heavy (non-hydrogen) atoms. The van der Waals surface area contributed by atoms with Crippen LogP contribution in [0.5, 0.6) is 0 Å². The number of fused-ring (bicyclic) bond motifs is 1. The summed E-state index contributed by atoms with van der Waals surface area (Å²) in [6.07, 6.45) is 6.10. The van der Waals surface area contributed by atoms with Gasteiger partial charge in [0.15, 0.2) is 6.61 Å². The average molecular weight is 365 g/mol. The van der Waals surface area contributed by atoms with Gasteiger partial charge in [0.2, 0.25) is 0 Å². The number of hydrogen-bond donors (Lipinski definition) is 1. The molecule has 0 heterocycles. The van der Waals surface area contributed by atoms with Gasteiger partial charge in [0, 0.05) is 5.69 Å². The van der Waals surface area contributed by atoms with Crippen LogP contribution in [0, 0.1) is 0 Å². The molecule has 1 N–H and O–H groups in total. The Balaban J connectivity index is 1.62. The summed E-state index contributed by atoms with van der Waals surface area (Å²) in [6.45, 7) is 3.83. The first-order chi connectivity index (χ1) is 13.1. The maximum absolute atomic E-state index is 12.3. The molecule has 0 spiro atoms. The summed E-state index contributed by atoms with van der Waals surface area (Å²) >= 11 is 0. The zero-order chi connectivity index (χ0) is 19.2. The molecule has 0 saturated carbocycles. The normalized spacial score (nSPS) is 13.0. The van der Waals surface area contributed by atoms with E-state index in [-0.39, 0.29) is 12.5 Å².